The Morgan fingerprint density at radius 2 is 1.82 bits per heavy atom. The number of carbonyl (C=O) groups is 1. The summed E-state index contributed by atoms with van der Waals surface area (Å²) in [6.45, 7) is 2.59. The summed E-state index contributed by atoms with van der Waals surface area (Å²) in [6.07, 6.45) is 0. The van der Waals surface area contributed by atoms with E-state index in [9.17, 15) is 9.59 Å². The van der Waals surface area contributed by atoms with E-state index in [4.69, 9.17) is 0 Å². The summed E-state index contributed by atoms with van der Waals surface area (Å²) in [5, 5.41) is 3.11. The SMILES string of the molecule is CCN(Cc1nc2ccccc2c(=O)[nH]1)C(=O)c1csc(-c2ccccc2)n1. The lowest BCUT2D eigenvalue weighted by Gasteiger charge is -2.19. The minimum absolute atomic E-state index is 0.184. The van der Waals surface area contributed by atoms with Gasteiger partial charge in [0.1, 0.15) is 16.5 Å². The molecule has 0 saturated heterocycles. The van der Waals surface area contributed by atoms with Crippen molar-refractivity contribution in [3.05, 3.63) is 81.8 Å². The topological polar surface area (TPSA) is 79.0 Å². The van der Waals surface area contributed by atoms with Crippen molar-refractivity contribution in [2.75, 3.05) is 6.54 Å². The monoisotopic (exact) mass is 390 g/mol. The number of aromatic amines is 1. The van der Waals surface area contributed by atoms with E-state index in [0.29, 0.717) is 29.0 Å². The molecule has 0 atom stereocenters. The predicted octanol–water partition coefficient (Wildman–Crippen LogP) is 3.71. The number of hydrogen-bond acceptors (Lipinski definition) is 5. The fraction of sp³-hybridized carbons (Fsp3) is 0.143. The Balaban J connectivity index is 1.58. The summed E-state index contributed by atoms with van der Waals surface area (Å²) in [5.41, 5.74) is 1.79. The number of thiazole rings is 1. The summed E-state index contributed by atoms with van der Waals surface area (Å²) in [7, 11) is 0. The molecule has 0 unspecified atom stereocenters. The summed E-state index contributed by atoms with van der Waals surface area (Å²) in [5.74, 6) is 0.272. The number of nitrogens with zero attached hydrogens (tertiary/aromatic N) is 3. The highest BCUT2D eigenvalue weighted by Crippen LogP contribution is 2.24. The normalized spacial score (nSPS) is 10.9. The van der Waals surface area contributed by atoms with Crippen molar-refractivity contribution in [3.63, 3.8) is 0 Å². The smallest absolute Gasteiger partial charge is 0.273 e. The highest BCUT2D eigenvalue weighted by atomic mass is 32.1. The van der Waals surface area contributed by atoms with E-state index in [1.165, 1.54) is 11.3 Å². The number of H-pyrrole nitrogens is 1. The third-order valence-electron chi connectivity index (χ3n) is 4.42. The van der Waals surface area contributed by atoms with Gasteiger partial charge in [-0.1, -0.05) is 42.5 Å². The second-order valence-electron chi connectivity index (χ2n) is 6.25. The van der Waals surface area contributed by atoms with Crippen LogP contribution in [0.15, 0.2) is 64.8 Å². The molecule has 28 heavy (non-hydrogen) atoms. The highest BCUT2D eigenvalue weighted by molar-refractivity contribution is 7.13. The molecule has 0 spiro atoms. The van der Waals surface area contributed by atoms with E-state index in [1.54, 1.807) is 28.5 Å². The van der Waals surface area contributed by atoms with Gasteiger partial charge in [0.2, 0.25) is 0 Å². The van der Waals surface area contributed by atoms with Gasteiger partial charge in [-0.05, 0) is 19.1 Å². The van der Waals surface area contributed by atoms with Crippen molar-refractivity contribution in [1.29, 1.82) is 0 Å². The van der Waals surface area contributed by atoms with Crippen molar-refractivity contribution in [1.82, 2.24) is 19.9 Å². The molecule has 0 radical (unpaired) electrons. The Morgan fingerprint density at radius 1 is 1.07 bits per heavy atom. The molecule has 140 valence electrons. The maximum atomic E-state index is 12.9. The highest BCUT2D eigenvalue weighted by Gasteiger charge is 2.19. The van der Waals surface area contributed by atoms with Crippen molar-refractivity contribution in [2.45, 2.75) is 13.5 Å². The fourth-order valence-corrected chi connectivity index (χ4v) is 3.77. The molecule has 6 nitrogen and oxygen atoms in total. The van der Waals surface area contributed by atoms with Crippen LogP contribution < -0.4 is 5.56 Å². The zero-order valence-electron chi connectivity index (χ0n) is 15.3. The van der Waals surface area contributed by atoms with Crippen LogP contribution >= 0.6 is 11.3 Å². The van der Waals surface area contributed by atoms with Crippen LogP contribution in [0.1, 0.15) is 23.2 Å². The first kappa shape index (κ1) is 18.1. The third kappa shape index (κ3) is 3.57. The van der Waals surface area contributed by atoms with E-state index < -0.39 is 0 Å². The molecule has 2 heterocycles. The lowest BCUT2D eigenvalue weighted by molar-refractivity contribution is 0.0743. The molecule has 0 bridgehead atoms. The lowest BCUT2D eigenvalue weighted by Crippen LogP contribution is -2.32. The number of rotatable bonds is 5. The Hall–Kier alpha value is -3.32. The van der Waals surface area contributed by atoms with E-state index in [-0.39, 0.29) is 18.0 Å². The number of nitrogens with one attached hydrogen (secondary N) is 1. The van der Waals surface area contributed by atoms with Gasteiger partial charge in [0.05, 0.1) is 17.4 Å². The van der Waals surface area contributed by atoms with Crippen molar-refractivity contribution in [3.8, 4) is 10.6 Å². The molecule has 0 aliphatic rings. The van der Waals surface area contributed by atoms with Crippen LogP contribution in [0.25, 0.3) is 21.5 Å². The molecule has 0 aliphatic carbocycles. The van der Waals surface area contributed by atoms with Crippen molar-refractivity contribution in [2.24, 2.45) is 0 Å². The average molecular weight is 390 g/mol. The Bertz CT molecular complexity index is 1180. The summed E-state index contributed by atoms with van der Waals surface area (Å²) in [6, 6.07) is 16.9. The molecule has 1 amide bonds. The Labute approximate surface area is 165 Å². The quantitative estimate of drug-likeness (QED) is 0.563. The van der Waals surface area contributed by atoms with Crippen LogP contribution in [0.4, 0.5) is 0 Å². The molecule has 2 aromatic carbocycles. The summed E-state index contributed by atoms with van der Waals surface area (Å²) >= 11 is 1.44. The molecule has 0 fully saturated rings. The van der Waals surface area contributed by atoms with Gasteiger partial charge in [-0.15, -0.1) is 11.3 Å². The Kier molecular flexibility index (Phi) is 4.99. The number of carbonyl (C=O) groups excluding carboxylic acids is 1. The first-order valence-electron chi connectivity index (χ1n) is 8.94. The lowest BCUT2D eigenvalue weighted by atomic mass is 10.2. The van der Waals surface area contributed by atoms with Crippen LogP contribution in [0.2, 0.25) is 0 Å². The van der Waals surface area contributed by atoms with Gasteiger partial charge in [0, 0.05) is 17.5 Å². The number of para-hydroxylation sites is 1. The molecule has 4 rings (SSSR count). The van der Waals surface area contributed by atoms with Gasteiger partial charge in [0.25, 0.3) is 11.5 Å². The van der Waals surface area contributed by atoms with Crippen molar-refractivity contribution < 1.29 is 4.79 Å². The van der Waals surface area contributed by atoms with Gasteiger partial charge < -0.3 is 9.88 Å². The maximum Gasteiger partial charge on any atom is 0.273 e. The molecule has 4 aromatic rings. The van der Waals surface area contributed by atoms with Gasteiger partial charge in [-0.3, -0.25) is 9.59 Å². The number of aromatic nitrogens is 3. The second kappa shape index (κ2) is 7.74. The standard InChI is InChI=1S/C21H18N4O2S/c1-2-25(12-18-22-16-11-7-6-10-15(16)19(26)24-18)21(27)17-13-28-20(23-17)14-8-4-3-5-9-14/h3-11,13H,2,12H2,1H3,(H,22,24,26). The van der Waals surface area contributed by atoms with Crippen LogP contribution in [-0.2, 0) is 6.54 Å². The molecule has 7 heteroatoms. The zero-order valence-corrected chi connectivity index (χ0v) is 16.1. The second-order valence-corrected chi connectivity index (χ2v) is 7.11. The molecule has 0 aliphatic heterocycles. The van der Waals surface area contributed by atoms with Gasteiger partial charge >= 0.3 is 0 Å². The summed E-state index contributed by atoms with van der Waals surface area (Å²) in [4.78, 5) is 38.6. The van der Waals surface area contributed by atoms with Crippen LogP contribution in [-0.4, -0.2) is 32.3 Å². The van der Waals surface area contributed by atoms with Crippen LogP contribution in [0.5, 0.6) is 0 Å². The average Bonchev–Trinajstić information content (AvgIpc) is 3.22. The van der Waals surface area contributed by atoms with Gasteiger partial charge in [-0.2, -0.15) is 0 Å². The molecule has 1 N–H and O–H groups in total. The fourth-order valence-electron chi connectivity index (χ4n) is 2.97. The third-order valence-corrected chi connectivity index (χ3v) is 5.31. The first-order chi connectivity index (χ1) is 13.7. The van der Waals surface area contributed by atoms with Crippen LogP contribution in [0, 0.1) is 0 Å². The zero-order chi connectivity index (χ0) is 19.5. The summed E-state index contributed by atoms with van der Waals surface area (Å²) < 4.78 is 0. The first-order valence-corrected chi connectivity index (χ1v) is 9.82. The van der Waals surface area contributed by atoms with Crippen LogP contribution in [0.3, 0.4) is 0 Å². The molecular formula is C21H18N4O2S. The Morgan fingerprint density at radius 3 is 2.61 bits per heavy atom. The number of benzene rings is 2. The molecular weight excluding hydrogens is 372 g/mol. The maximum absolute atomic E-state index is 12.9. The van der Waals surface area contributed by atoms with E-state index >= 15 is 0 Å². The largest absolute Gasteiger partial charge is 0.330 e. The number of hydrogen-bond donors (Lipinski definition) is 1. The molecule has 2 aromatic heterocycles. The van der Waals surface area contributed by atoms with E-state index in [0.717, 1.165) is 10.6 Å². The number of fused-ring (bicyclic) bond motifs is 1. The molecule has 0 saturated carbocycles. The minimum Gasteiger partial charge on any atom is -0.330 e. The van der Waals surface area contributed by atoms with E-state index in [1.807, 2.05) is 43.3 Å². The predicted molar refractivity (Wildman–Crippen MR) is 110 cm³/mol. The van der Waals surface area contributed by atoms with E-state index in [2.05, 4.69) is 15.0 Å². The van der Waals surface area contributed by atoms with Gasteiger partial charge in [-0.25, -0.2) is 9.97 Å². The minimum atomic E-state index is -0.205. The van der Waals surface area contributed by atoms with Gasteiger partial charge in [0.15, 0.2) is 0 Å². The number of amides is 1. The van der Waals surface area contributed by atoms with Crippen molar-refractivity contribution >= 4 is 28.1 Å².